The summed E-state index contributed by atoms with van der Waals surface area (Å²) in [5, 5.41) is 8.83. The molecule has 0 aliphatic rings. The largest absolute Gasteiger partial charge is 0.384 e. The molecule has 2 aromatic carbocycles. The van der Waals surface area contributed by atoms with Crippen molar-refractivity contribution >= 4 is 16.7 Å². The third-order valence-electron chi connectivity index (χ3n) is 3.05. The molecule has 0 saturated heterocycles. The maximum atomic E-state index is 7.65. The third-order valence-corrected chi connectivity index (χ3v) is 3.05. The molecule has 3 N–H and O–H groups in total. The SMILES string of the molecule is N=C(N)c1ccccc1-n1ccc2ccccc21. The van der Waals surface area contributed by atoms with Crippen LogP contribution in [-0.2, 0) is 0 Å². The van der Waals surface area contributed by atoms with Gasteiger partial charge in [-0.25, -0.2) is 0 Å². The van der Waals surface area contributed by atoms with Crippen molar-refractivity contribution in [3.8, 4) is 5.69 Å². The van der Waals surface area contributed by atoms with Crippen molar-refractivity contribution in [3.05, 3.63) is 66.4 Å². The number of rotatable bonds is 2. The van der Waals surface area contributed by atoms with Crippen LogP contribution in [0.4, 0.5) is 0 Å². The molecule has 0 spiro atoms. The number of nitrogens with two attached hydrogens (primary N) is 1. The van der Waals surface area contributed by atoms with Crippen molar-refractivity contribution in [2.75, 3.05) is 0 Å². The van der Waals surface area contributed by atoms with Gasteiger partial charge in [0.25, 0.3) is 0 Å². The number of nitrogen functional groups attached to an aromatic ring is 1. The van der Waals surface area contributed by atoms with Crippen LogP contribution in [-0.4, -0.2) is 10.4 Å². The molecule has 0 bridgehead atoms. The van der Waals surface area contributed by atoms with Crippen molar-refractivity contribution in [2.24, 2.45) is 5.73 Å². The van der Waals surface area contributed by atoms with E-state index in [0.29, 0.717) is 0 Å². The van der Waals surface area contributed by atoms with Crippen molar-refractivity contribution in [3.63, 3.8) is 0 Å². The van der Waals surface area contributed by atoms with E-state index >= 15 is 0 Å². The normalized spacial score (nSPS) is 10.7. The minimum atomic E-state index is 0.0865. The quantitative estimate of drug-likeness (QED) is 0.520. The number of amidine groups is 1. The second-order valence-corrected chi connectivity index (χ2v) is 4.18. The molecular formula is C15H13N3. The molecule has 0 aliphatic heterocycles. The number of fused-ring (bicyclic) bond motifs is 1. The Hall–Kier alpha value is -2.55. The van der Waals surface area contributed by atoms with Crippen molar-refractivity contribution in [1.82, 2.24) is 4.57 Å². The lowest BCUT2D eigenvalue weighted by molar-refractivity contribution is 1.12. The Balaban J connectivity index is 2.30. The van der Waals surface area contributed by atoms with Gasteiger partial charge in [-0.15, -0.1) is 0 Å². The Morgan fingerprint density at radius 2 is 1.67 bits per heavy atom. The molecule has 0 aliphatic carbocycles. The highest BCUT2D eigenvalue weighted by atomic mass is 15.0. The van der Waals surface area contributed by atoms with Crippen LogP contribution >= 0.6 is 0 Å². The highest BCUT2D eigenvalue weighted by Gasteiger charge is 2.08. The summed E-state index contributed by atoms with van der Waals surface area (Å²) in [6, 6.07) is 17.9. The first-order valence-electron chi connectivity index (χ1n) is 5.77. The van der Waals surface area contributed by atoms with Crippen LogP contribution < -0.4 is 5.73 Å². The predicted octanol–water partition coefficient (Wildman–Crippen LogP) is 2.91. The zero-order valence-corrected chi connectivity index (χ0v) is 9.80. The fourth-order valence-electron chi connectivity index (χ4n) is 2.20. The number of aromatic nitrogens is 1. The second-order valence-electron chi connectivity index (χ2n) is 4.18. The zero-order valence-electron chi connectivity index (χ0n) is 9.80. The van der Waals surface area contributed by atoms with Gasteiger partial charge in [-0.3, -0.25) is 5.41 Å². The van der Waals surface area contributed by atoms with Crippen LogP contribution in [0.25, 0.3) is 16.6 Å². The van der Waals surface area contributed by atoms with Gasteiger partial charge >= 0.3 is 0 Å². The number of hydrogen-bond donors (Lipinski definition) is 2. The summed E-state index contributed by atoms with van der Waals surface area (Å²) in [6.45, 7) is 0. The van der Waals surface area contributed by atoms with Crippen LogP contribution in [0, 0.1) is 5.41 Å². The van der Waals surface area contributed by atoms with Gasteiger partial charge in [0.2, 0.25) is 0 Å². The molecular weight excluding hydrogens is 222 g/mol. The summed E-state index contributed by atoms with van der Waals surface area (Å²) >= 11 is 0. The van der Waals surface area contributed by atoms with Crippen LogP contribution in [0.2, 0.25) is 0 Å². The highest BCUT2D eigenvalue weighted by Crippen LogP contribution is 2.22. The highest BCUT2D eigenvalue weighted by molar-refractivity contribution is 5.99. The fourth-order valence-corrected chi connectivity index (χ4v) is 2.20. The Kier molecular flexibility index (Phi) is 2.38. The summed E-state index contributed by atoms with van der Waals surface area (Å²) in [5.41, 5.74) is 8.44. The first-order chi connectivity index (χ1) is 8.77. The lowest BCUT2D eigenvalue weighted by atomic mass is 10.1. The Labute approximate surface area is 105 Å². The Morgan fingerprint density at radius 1 is 0.944 bits per heavy atom. The predicted molar refractivity (Wildman–Crippen MR) is 74.3 cm³/mol. The lowest BCUT2D eigenvalue weighted by Gasteiger charge is -2.10. The van der Waals surface area contributed by atoms with E-state index in [1.165, 1.54) is 5.39 Å². The van der Waals surface area contributed by atoms with E-state index in [-0.39, 0.29) is 5.84 Å². The van der Waals surface area contributed by atoms with Gasteiger partial charge in [-0.1, -0.05) is 30.3 Å². The van der Waals surface area contributed by atoms with Gasteiger partial charge in [0, 0.05) is 11.8 Å². The molecule has 1 heterocycles. The first-order valence-corrected chi connectivity index (χ1v) is 5.77. The minimum absolute atomic E-state index is 0.0865. The molecule has 0 fully saturated rings. The van der Waals surface area contributed by atoms with Gasteiger partial charge in [-0.05, 0) is 29.7 Å². The smallest absolute Gasteiger partial charge is 0.124 e. The molecule has 0 atom stereocenters. The summed E-state index contributed by atoms with van der Waals surface area (Å²) < 4.78 is 2.06. The van der Waals surface area contributed by atoms with Gasteiger partial charge in [0.15, 0.2) is 0 Å². The van der Waals surface area contributed by atoms with E-state index in [2.05, 4.69) is 22.8 Å². The monoisotopic (exact) mass is 235 g/mol. The summed E-state index contributed by atoms with van der Waals surface area (Å²) in [4.78, 5) is 0. The van der Waals surface area contributed by atoms with E-state index in [9.17, 15) is 0 Å². The Bertz CT molecular complexity index is 725. The number of nitrogens with one attached hydrogen (secondary N) is 1. The van der Waals surface area contributed by atoms with Gasteiger partial charge in [-0.2, -0.15) is 0 Å². The van der Waals surface area contributed by atoms with Crippen LogP contribution in [0.1, 0.15) is 5.56 Å². The molecule has 0 saturated carbocycles. The molecule has 0 unspecified atom stereocenters. The number of benzene rings is 2. The summed E-state index contributed by atoms with van der Waals surface area (Å²) in [5.74, 6) is 0.0865. The first kappa shape index (κ1) is 10.6. The van der Waals surface area contributed by atoms with E-state index < -0.39 is 0 Å². The molecule has 3 aromatic rings. The molecule has 18 heavy (non-hydrogen) atoms. The standard InChI is InChI=1S/C15H13N3/c16-15(17)12-6-2-4-8-14(12)18-10-9-11-5-1-3-7-13(11)18/h1-10H,(H3,16,17). The van der Waals surface area contributed by atoms with Gasteiger partial charge < -0.3 is 10.3 Å². The van der Waals surface area contributed by atoms with Crippen LogP contribution in [0.3, 0.4) is 0 Å². The lowest BCUT2D eigenvalue weighted by Crippen LogP contribution is -2.14. The molecule has 3 heteroatoms. The van der Waals surface area contributed by atoms with Crippen molar-refractivity contribution < 1.29 is 0 Å². The molecule has 3 nitrogen and oxygen atoms in total. The zero-order chi connectivity index (χ0) is 12.5. The molecule has 3 rings (SSSR count). The Morgan fingerprint density at radius 3 is 2.50 bits per heavy atom. The van der Waals surface area contributed by atoms with Gasteiger partial charge in [0.05, 0.1) is 11.2 Å². The summed E-state index contributed by atoms with van der Waals surface area (Å²) in [7, 11) is 0. The van der Waals surface area contributed by atoms with E-state index in [0.717, 1.165) is 16.8 Å². The average Bonchev–Trinajstić information content (AvgIpc) is 2.82. The number of para-hydroxylation sites is 2. The van der Waals surface area contributed by atoms with Gasteiger partial charge in [0.1, 0.15) is 5.84 Å². The van der Waals surface area contributed by atoms with Crippen LogP contribution in [0.15, 0.2) is 60.8 Å². The third kappa shape index (κ3) is 1.57. The van der Waals surface area contributed by atoms with E-state index in [1.54, 1.807) is 0 Å². The number of nitrogens with zero attached hydrogens (tertiary/aromatic N) is 1. The van der Waals surface area contributed by atoms with E-state index in [4.69, 9.17) is 11.1 Å². The molecule has 0 amide bonds. The fraction of sp³-hybridized carbons (Fsp3) is 0. The van der Waals surface area contributed by atoms with Crippen LogP contribution in [0.5, 0.6) is 0 Å². The molecule has 1 aromatic heterocycles. The van der Waals surface area contributed by atoms with Crippen molar-refractivity contribution in [1.29, 1.82) is 5.41 Å². The van der Waals surface area contributed by atoms with Crippen molar-refractivity contribution in [2.45, 2.75) is 0 Å². The second kappa shape index (κ2) is 4.04. The topological polar surface area (TPSA) is 54.8 Å². The maximum Gasteiger partial charge on any atom is 0.124 e. The van der Waals surface area contributed by atoms with E-state index in [1.807, 2.05) is 42.6 Å². The minimum Gasteiger partial charge on any atom is -0.384 e. The summed E-state index contributed by atoms with van der Waals surface area (Å²) in [6.07, 6.45) is 2.01. The molecule has 88 valence electrons. The number of hydrogen-bond acceptors (Lipinski definition) is 1. The molecule has 0 radical (unpaired) electrons. The average molecular weight is 235 g/mol. The maximum absolute atomic E-state index is 7.65.